The smallest absolute Gasteiger partial charge is 0.0670 e. The van der Waals surface area contributed by atoms with E-state index < -0.39 is 0 Å². The van der Waals surface area contributed by atoms with E-state index in [4.69, 9.17) is 17.3 Å². The molecule has 0 bridgehead atoms. The molecule has 0 spiro atoms. The highest BCUT2D eigenvalue weighted by molar-refractivity contribution is 6.30. The van der Waals surface area contributed by atoms with Gasteiger partial charge in [-0.1, -0.05) is 30.7 Å². The molecule has 21 heavy (non-hydrogen) atoms. The van der Waals surface area contributed by atoms with Crippen molar-refractivity contribution in [2.75, 3.05) is 13.6 Å². The minimum absolute atomic E-state index is 0.171. The molecule has 1 unspecified atom stereocenters. The van der Waals surface area contributed by atoms with E-state index >= 15 is 0 Å². The van der Waals surface area contributed by atoms with Crippen molar-refractivity contribution in [1.29, 1.82) is 0 Å². The van der Waals surface area contributed by atoms with Crippen molar-refractivity contribution in [3.63, 3.8) is 0 Å². The lowest BCUT2D eigenvalue weighted by atomic mass is 10.0. The Morgan fingerprint density at radius 3 is 2.57 bits per heavy atom. The van der Waals surface area contributed by atoms with Gasteiger partial charge in [0, 0.05) is 36.9 Å². The molecule has 0 fully saturated rings. The van der Waals surface area contributed by atoms with Gasteiger partial charge in [0.15, 0.2) is 0 Å². The molecule has 1 atom stereocenters. The Morgan fingerprint density at radius 2 is 2.00 bits per heavy atom. The number of aromatic nitrogens is 2. The minimum atomic E-state index is 0.171. The highest BCUT2D eigenvalue weighted by Gasteiger charge is 2.20. The van der Waals surface area contributed by atoms with Crippen molar-refractivity contribution in [1.82, 2.24) is 14.7 Å². The zero-order chi connectivity index (χ0) is 15.4. The van der Waals surface area contributed by atoms with Gasteiger partial charge in [0.1, 0.15) is 0 Å². The van der Waals surface area contributed by atoms with Gasteiger partial charge >= 0.3 is 0 Å². The second-order valence-electron chi connectivity index (χ2n) is 5.35. The third-order valence-electron chi connectivity index (χ3n) is 3.73. The Labute approximate surface area is 131 Å². The van der Waals surface area contributed by atoms with Crippen molar-refractivity contribution in [3.05, 3.63) is 52.3 Å². The fourth-order valence-electron chi connectivity index (χ4n) is 2.64. The van der Waals surface area contributed by atoms with E-state index in [0.717, 1.165) is 23.7 Å². The number of benzene rings is 1. The normalized spacial score (nSPS) is 12.9. The molecule has 5 heteroatoms. The summed E-state index contributed by atoms with van der Waals surface area (Å²) in [7, 11) is 4.05. The van der Waals surface area contributed by atoms with Crippen LogP contribution < -0.4 is 5.73 Å². The summed E-state index contributed by atoms with van der Waals surface area (Å²) in [6.45, 7) is 3.53. The van der Waals surface area contributed by atoms with E-state index in [2.05, 4.69) is 42.3 Å². The molecular formula is C16H23ClN4. The lowest BCUT2D eigenvalue weighted by Gasteiger charge is -2.27. The maximum absolute atomic E-state index is 6.02. The number of halogens is 1. The van der Waals surface area contributed by atoms with Gasteiger partial charge in [0.2, 0.25) is 0 Å². The number of nitrogens with two attached hydrogens (primary N) is 1. The van der Waals surface area contributed by atoms with Crippen LogP contribution in [-0.4, -0.2) is 28.3 Å². The fourth-order valence-corrected chi connectivity index (χ4v) is 2.76. The number of rotatable bonds is 6. The number of likely N-dealkylation sites (N-methyl/N-ethyl adjacent to an activating group) is 1. The average Bonchev–Trinajstić information content (AvgIpc) is 2.83. The number of aryl methyl sites for hydroxylation is 2. The van der Waals surface area contributed by atoms with Crippen LogP contribution in [0.1, 0.15) is 29.8 Å². The van der Waals surface area contributed by atoms with Crippen molar-refractivity contribution >= 4 is 11.6 Å². The van der Waals surface area contributed by atoms with Gasteiger partial charge in [-0.2, -0.15) is 5.10 Å². The number of nitrogens with zero attached hydrogens (tertiary/aromatic N) is 3. The topological polar surface area (TPSA) is 47.1 Å². The van der Waals surface area contributed by atoms with Crippen LogP contribution in [0, 0.1) is 0 Å². The van der Waals surface area contributed by atoms with Crippen LogP contribution in [0.5, 0.6) is 0 Å². The molecule has 1 aromatic carbocycles. The zero-order valence-electron chi connectivity index (χ0n) is 12.9. The van der Waals surface area contributed by atoms with E-state index in [1.165, 1.54) is 11.1 Å². The van der Waals surface area contributed by atoms with Gasteiger partial charge < -0.3 is 5.73 Å². The Bertz CT molecular complexity index is 576. The van der Waals surface area contributed by atoms with Crippen LogP contribution >= 0.6 is 11.6 Å². The molecule has 2 aromatic rings. The predicted molar refractivity (Wildman–Crippen MR) is 87.3 cm³/mol. The van der Waals surface area contributed by atoms with E-state index in [1.807, 2.05) is 23.9 Å². The second kappa shape index (κ2) is 7.07. The van der Waals surface area contributed by atoms with E-state index in [0.29, 0.717) is 6.54 Å². The number of hydrogen-bond donors (Lipinski definition) is 1. The molecule has 1 aromatic heterocycles. The molecular weight excluding hydrogens is 284 g/mol. The molecule has 0 aliphatic heterocycles. The van der Waals surface area contributed by atoms with E-state index in [-0.39, 0.29) is 6.04 Å². The van der Waals surface area contributed by atoms with Crippen LogP contribution in [-0.2, 0) is 20.0 Å². The van der Waals surface area contributed by atoms with Crippen molar-refractivity contribution in [2.24, 2.45) is 12.8 Å². The van der Waals surface area contributed by atoms with Crippen molar-refractivity contribution in [2.45, 2.75) is 25.9 Å². The Balaban J connectivity index is 2.17. The highest BCUT2D eigenvalue weighted by Crippen LogP contribution is 2.24. The first-order chi connectivity index (χ1) is 10.0. The molecule has 0 aliphatic rings. The summed E-state index contributed by atoms with van der Waals surface area (Å²) in [6, 6.07) is 8.12. The van der Waals surface area contributed by atoms with Gasteiger partial charge in [0.25, 0.3) is 0 Å². The zero-order valence-corrected chi connectivity index (χ0v) is 13.6. The second-order valence-corrected chi connectivity index (χ2v) is 5.79. The van der Waals surface area contributed by atoms with Gasteiger partial charge in [-0.05, 0) is 31.2 Å². The molecule has 2 N–H and O–H groups in total. The quantitative estimate of drug-likeness (QED) is 0.892. The standard InChI is InChI=1S/C16H23ClN4/c1-4-15-14(11-21(3)19-15)16(9-18)20(2)10-12-5-7-13(17)8-6-12/h5-8,11,16H,4,9-10,18H2,1-3H3. The summed E-state index contributed by atoms with van der Waals surface area (Å²) in [4.78, 5) is 2.26. The SMILES string of the molecule is CCc1nn(C)cc1C(CN)N(C)Cc1ccc(Cl)cc1. The van der Waals surface area contributed by atoms with Crippen LogP contribution in [0.3, 0.4) is 0 Å². The minimum Gasteiger partial charge on any atom is -0.329 e. The largest absolute Gasteiger partial charge is 0.329 e. The molecule has 114 valence electrons. The van der Waals surface area contributed by atoms with Crippen LogP contribution in [0.4, 0.5) is 0 Å². The molecule has 0 amide bonds. The first-order valence-electron chi connectivity index (χ1n) is 7.22. The molecule has 0 saturated heterocycles. The lowest BCUT2D eigenvalue weighted by molar-refractivity contribution is 0.241. The fraction of sp³-hybridized carbons (Fsp3) is 0.438. The summed E-state index contributed by atoms with van der Waals surface area (Å²) in [5.74, 6) is 0. The van der Waals surface area contributed by atoms with Crippen molar-refractivity contribution < 1.29 is 0 Å². The first-order valence-corrected chi connectivity index (χ1v) is 7.60. The Morgan fingerprint density at radius 1 is 1.33 bits per heavy atom. The van der Waals surface area contributed by atoms with Crippen LogP contribution in [0.25, 0.3) is 0 Å². The first kappa shape index (κ1) is 16.0. The lowest BCUT2D eigenvalue weighted by Crippen LogP contribution is -2.30. The summed E-state index contributed by atoms with van der Waals surface area (Å²) in [6.07, 6.45) is 3.00. The molecule has 4 nitrogen and oxygen atoms in total. The van der Waals surface area contributed by atoms with E-state index in [1.54, 1.807) is 0 Å². The average molecular weight is 307 g/mol. The summed E-state index contributed by atoms with van der Waals surface area (Å²) in [5.41, 5.74) is 9.58. The van der Waals surface area contributed by atoms with Gasteiger partial charge in [-0.25, -0.2) is 0 Å². The monoisotopic (exact) mass is 306 g/mol. The maximum atomic E-state index is 6.02. The van der Waals surface area contributed by atoms with Crippen molar-refractivity contribution in [3.8, 4) is 0 Å². The predicted octanol–water partition coefficient (Wildman–Crippen LogP) is 2.77. The van der Waals surface area contributed by atoms with Crippen LogP contribution in [0.15, 0.2) is 30.5 Å². The molecule has 0 saturated carbocycles. The maximum Gasteiger partial charge on any atom is 0.0670 e. The number of hydrogen-bond acceptors (Lipinski definition) is 3. The van der Waals surface area contributed by atoms with Gasteiger partial charge in [-0.3, -0.25) is 9.58 Å². The van der Waals surface area contributed by atoms with Gasteiger partial charge in [0.05, 0.1) is 11.7 Å². The third-order valence-corrected chi connectivity index (χ3v) is 3.98. The summed E-state index contributed by atoms with van der Waals surface area (Å²) < 4.78 is 1.87. The Kier molecular flexibility index (Phi) is 5.39. The van der Waals surface area contributed by atoms with Gasteiger partial charge in [-0.15, -0.1) is 0 Å². The van der Waals surface area contributed by atoms with Crippen LogP contribution in [0.2, 0.25) is 5.02 Å². The Hall–Kier alpha value is -1.36. The molecule has 0 aliphatic carbocycles. The highest BCUT2D eigenvalue weighted by atomic mass is 35.5. The van der Waals surface area contributed by atoms with E-state index in [9.17, 15) is 0 Å². The third kappa shape index (κ3) is 3.84. The molecule has 2 rings (SSSR count). The molecule has 0 radical (unpaired) electrons. The summed E-state index contributed by atoms with van der Waals surface area (Å²) >= 11 is 5.93. The molecule has 1 heterocycles. The summed E-state index contributed by atoms with van der Waals surface area (Å²) in [5, 5.41) is 5.28.